The number of hydrogen-bond donors (Lipinski definition) is 1. The molecule has 1 aromatic rings. The van der Waals surface area contributed by atoms with E-state index in [2.05, 4.69) is 40.8 Å². The molecule has 2 heterocycles. The summed E-state index contributed by atoms with van der Waals surface area (Å²) in [6.45, 7) is 10.6. The number of aliphatic hydroxyl groups is 1. The summed E-state index contributed by atoms with van der Waals surface area (Å²) < 4.78 is 0. The Labute approximate surface area is 116 Å². The van der Waals surface area contributed by atoms with Crippen LogP contribution in [0.4, 0.5) is 0 Å². The molecule has 1 aromatic heterocycles. The van der Waals surface area contributed by atoms with Crippen LogP contribution in [0.1, 0.15) is 31.0 Å². The molecule has 0 aliphatic carbocycles. The molecule has 1 aliphatic heterocycles. The maximum Gasteiger partial charge on any atom is 0.0558 e. The Balaban J connectivity index is 1.82. The van der Waals surface area contributed by atoms with E-state index >= 15 is 0 Å². The highest BCUT2D eigenvalue weighted by atomic mass is 16.3. The fraction of sp³-hybridized carbons (Fsp3) is 0.667. The van der Waals surface area contributed by atoms with Crippen LogP contribution in [-0.4, -0.2) is 59.2 Å². The van der Waals surface area contributed by atoms with E-state index in [0.29, 0.717) is 5.92 Å². The van der Waals surface area contributed by atoms with Gasteiger partial charge >= 0.3 is 0 Å². The zero-order valence-corrected chi connectivity index (χ0v) is 12.0. The lowest BCUT2D eigenvalue weighted by Crippen LogP contribution is -2.46. The third-order valence-electron chi connectivity index (χ3n) is 3.73. The van der Waals surface area contributed by atoms with Crippen molar-refractivity contribution < 1.29 is 5.11 Å². The first-order chi connectivity index (χ1) is 9.19. The molecule has 19 heavy (non-hydrogen) atoms. The molecule has 0 unspecified atom stereocenters. The first kappa shape index (κ1) is 14.4. The molecule has 1 fully saturated rings. The number of aromatic nitrogens is 1. The average Bonchev–Trinajstić information content (AvgIpc) is 2.42. The van der Waals surface area contributed by atoms with E-state index in [-0.39, 0.29) is 6.61 Å². The van der Waals surface area contributed by atoms with E-state index in [4.69, 9.17) is 5.11 Å². The molecule has 0 bridgehead atoms. The van der Waals surface area contributed by atoms with E-state index in [1.807, 2.05) is 6.20 Å². The van der Waals surface area contributed by atoms with Crippen LogP contribution in [0.25, 0.3) is 0 Å². The molecular weight excluding hydrogens is 238 g/mol. The van der Waals surface area contributed by atoms with Gasteiger partial charge < -0.3 is 5.11 Å². The van der Waals surface area contributed by atoms with Gasteiger partial charge in [0, 0.05) is 51.2 Å². The Kier molecular flexibility index (Phi) is 5.31. The van der Waals surface area contributed by atoms with Crippen LogP contribution < -0.4 is 0 Å². The maximum atomic E-state index is 8.93. The van der Waals surface area contributed by atoms with Crippen LogP contribution in [0.15, 0.2) is 18.3 Å². The van der Waals surface area contributed by atoms with Crippen LogP contribution in [0, 0.1) is 0 Å². The van der Waals surface area contributed by atoms with E-state index in [1.54, 1.807) is 0 Å². The maximum absolute atomic E-state index is 8.93. The Bertz CT molecular complexity index is 369. The third-order valence-corrected chi connectivity index (χ3v) is 3.73. The van der Waals surface area contributed by atoms with Crippen molar-refractivity contribution in [1.29, 1.82) is 0 Å². The van der Waals surface area contributed by atoms with Crippen molar-refractivity contribution in [2.24, 2.45) is 0 Å². The van der Waals surface area contributed by atoms with E-state index in [1.165, 1.54) is 5.56 Å². The molecule has 106 valence electrons. The number of hydrogen-bond acceptors (Lipinski definition) is 4. The van der Waals surface area contributed by atoms with Gasteiger partial charge in [-0.2, -0.15) is 0 Å². The van der Waals surface area contributed by atoms with Crippen LogP contribution in [0.2, 0.25) is 0 Å². The zero-order valence-electron chi connectivity index (χ0n) is 12.0. The van der Waals surface area contributed by atoms with Gasteiger partial charge in [0.05, 0.1) is 6.61 Å². The van der Waals surface area contributed by atoms with Gasteiger partial charge in [-0.05, 0) is 17.5 Å². The highest BCUT2D eigenvalue weighted by Gasteiger charge is 2.16. The van der Waals surface area contributed by atoms with Crippen LogP contribution in [0.5, 0.6) is 0 Å². The van der Waals surface area contributed by atoms with Gasteiger partial charge in [-0.1, -0.05) is 19.9 Å². The smallest absolute Gasteiger partial charge is 0.0558 e. The lowest BCUT2D eigenvalue weighted by atomic mass is 10.1. The number of aliphatic hydroxyl groups excluding tert-OH is 1. The number of piperazine rings is 1. The van der Waals surface area contributed by atoms with Crippen molar-refractivity contribution in [2.75, 3.05) is 39.3 Å². The quantitative estimate of drug-likeness (QED) is 0.869. The molecule has 4 heteroatoms. The predicted octanol–water partition coefficient (Wildman–Crippen LogP) is 1.31. The second-order valence-electron chi connectivity index (χ2n) is 5.59. The SMILES string of the molecule is CC(C)c1ccc(CN2CCN(CCO)CC2)cn1. The van der Waals surface area contributed by atoms with E-state index < -0.39 is 0 Å². The summed E-state index contributed by atoms with van der Waals surface area (Å²) in [4.78, 5) is 9.29. The molecule has 4 nitrogen and oxygen atoms in total. The van der Waals surface area contributed by atoms with Crippen molar-refractivity contribution in [3.8, 4) is 0 Å². The molecule has 0 amide bonds. The summed E-state index contributed by atoms with van der Waals surface area (Å²) in [6, 6.07) is 4.34. The Hall–Kier alpha value is -0.970. The number of β-amino-alcohol motifs (C(OH)–C–C–N with tert-alkyl or cyclic N) is 1. The summed E-state index contributed by atoms with van der Waals surface area (Å²) in [5.74, 6) is 0.496. The topological polar surface area (TPSA) is 39.6 Å². The number of rotatable bonds is 5. The normalized spacial score (nSPS) is 18.1. The first-order valence-corrected chi connectivity index (χ1v) is 7.19. The van der Waals surface area contributed by atoms with Crippen LogP contribution in [-0.2, 0) is 6.54 Å². The Morgan fingerprint density at radius 3 is 2.37 bits per heavy atom. The number of nitrogens with zero attached hydrogens (tertiary/aromatic N) is 3. The van der Waals surface area contributed by atoms with Gasteiger partial charge in [0.25, 0.3) is 0 Å². The van der Waals surface area contributed by atoms with Crippen molar-refractivity contribution in [3.63, 3.8) is 0 Å². The molecule has 0 spiro atoms. The summed E-state index contributed by atoms with van der Waals surface area (Å²) in [5, 5.41) is 8.93. The molecule has 0 saturated carbocycles. The minimum atomic E-state index is 0.264. The molecule has 2 rings (SSSR count). The monoisotopic (exact) mass is 263 g/mol. The van der Waals surface area contributed by atoms with E-state index in [9.17, 15) is 0 Å². The minimum Gasteiger partial charge on any atom is -0.395 e. The average molecular weight is 263 g/mol. The van der Waals surface area contributed by atoms with Crippen LogP contribution >= 0.6 is 0 Å². The summed E-state index contributed by atoms with van der Waals surface area (Å²) in [6.07, 6.45) is 2.01. The van der Waals surface area contributed by atoms with Crippen molar-refractivity contribution >= 4 is 0 Å². The third kappa shape index (κ3) is 4.27. The second kappa shape index (κ2) is 6.98. The Morgan fingerprint density at radius 1 is 1.16 bits per heavy atom. The first-order valence-electron chi connectivity index (χ1n) is 7.19. The molecule has 0 aromatic carbocycles. The van der Waals surface area contributed by atoms with Crippen molar-refractivity contribution in [1.82, 2.24) is 14.8 Å². The highest BCUT2D eigenvalue weighted by Crippen LogP contribution is 2.13. The lowest BCUT2D eigenvalue weighted by Gasteiger charge is -2.34. The fourth-order valence-corrected chi connectivity index (χ4v) is 2.44. The fourth-order valence-electron chi connectivity index (χ4n) is 2.44. The van der Waals surface area contributed by atoms with E-state index in [0.717, 1.165) is 45.0 Å². The van der Waals surface area contributed by atoms with Crippen LogP contribution in [0.3, 0.4) is 0 Å². The van der Waals surface area contributed by atoms with Gasteiger partial charge in [-0.3, -0.25) is 14.8 Å². The van der Waals surface area contributed by atoms with Gasteiger partial charge in [0.2, 0.25) is 0 Å². The molecular formula is C15H25N3O. The standard InChI is InChI=1S/C15H25N3O/c1-13(2)15-4-3-14(11-16-15)12-18-7-5-17(6-8-18)9-10-19/h3-4,11,13,19H,5-10,12H2,1-2H3. The molecule has 1 N–H and O–H groups in total. The zero-order chi connectivity index (χ0) is 13.7. The van der Waals surface area contributed by atoms with Gasteiger partial charge in [0.1, 0.15) is 0 Å². The molecule has 0 radical (unpaired) electrons. The molecule has 1 saturated heterocycles. The van der Waals surface area contributed by atoms with Crippen molar-refractivity contribution in [2.45, 2.75) is 26.3 Å². The largest absolute Gasteiger partial charge is 0.395 e. The number of pyridine rings is 1. The minimum absolute atomic E-state index is 0.264. The summed E-state index contributed by atoms with van der Waals surface area (Å²) in [7, 11) is 0. The van der Waals surface area contributed by atoms with Gasteiger partial charge in [0.15, 0.2) is 0 Å². The molecule has 0 atom stereocenters. The summed E-state index contributed by atoms with van der Waals surface area (Å²) in [5.41, 5.74) is 2.46. The van der Waals surface area contributed by atoms with Gasteiger partial charge in [-0.15, -0.1) is 0 Å². The molecule has 1 aliphatic rings. The van der Waals surface area contributed by atoms with Crippen molar-refractivity contribution in [3.05, 3.63) is 29.6 Å². The second-order valence-corrected chi connectivity index (χ2v) is 5.59. The van der Waals surface area contributed by atoms with Gasteiger partial charge in [-0.25, -0.2) is 0 Å². The Morgan fingerprint density at radius 2 is 1.84 bits per heavy atom. The predicted molar refractivity (Wildman–Crippen MR) is 77.1 cm³/mol. The summed E-state index contributed by atoms with van der Waals surface area (Å²) >= 11 is 0. The highest BCUT2D eigenvalue weighted by molar-refractivity contribution is 5.16. The lowest BCUT2D eigenvalue weighted by molar-refractivity contribution is 0.108.